The molecule has 132 valence electrons. The highest BCUT2D eigenvalue weighted by Crippen LogP contribution is 2.37. The molecular formula is C20H12N2O3S2. The summed E-state index contributed by atoms with van der Waals surface area (Å²) in [6, 6.07) is 20.9. The number of rotatable bonds is 5. The van der Waals surface area contributed by atoms with Crippen LogP contribution in [-0.4, -0.2) is 15.7 Å². The van der Waals surface area contributed by atoms with E-state index in [1.54, 1.807) is 30.3 Å². The van der Waals surface area contributed by atoms with Crippen molar-refractivity contribution in [3.63, 3.8) is 0 Å². The normalized spacial score (nSPS) is 10.8. The van der Waals surface area contributed by atoms with E-state index in [0.717, 1.165) is 14.6 Å². The maximum atomic E-state index is 13.0. The average Bonchev–Trinajstić information content (AvgIpc) is 3.10. The molecule has 4 aromatic rings. The van der Waals surface area contributed by atoms with E-state index >= 15 is 0 Å². The van der Waals surface area contributed by atoms with Crippen molar-refractivity contribution in [2.45, 2.75) is 9.24 Å². The van der Waals surface area contributed by atoms with Crippen LogP contribution in [0.3, 0.4) is 0 Å². The van der Waals surface area contributed by atoms with Crippen molar-refractivity contribution >= 4 is 44.8 Å². The zero-order chi connectivity index (χ0) is 18.8. The molecule has 0 bridgehead atoms. The fourth-order valence-corrected chi connectivity index (χ4v) is 4.76. The number of non-ortho nitro benzene ring substituents is 1. The van der Waals surface area contributed by atoms with Gasteiger partial charge in [0.2, 0.25) is 0 Å². The molecule has 3 aromatic carbocycles. The molecule has 0 saturated heterocycles. The summed E-state index contributed by atoms with van der Waals surface area (Å²) in [5, 5.41) is 11.2. The Balaban J connectivity index is 1.77. The molecule has 5 nitrogen and oxygen atoms in total. The molecule has 0 fully saturated rings. The lowest BCUT2D eigenvalue weighted by Crippen LogP contribution is -2.04. The SMILES string of the molecule is O=C(c1ccccc1)c1cc([N+](=O)[O-])ccc1Sc1nc2ccccc2s1. The van der Waals surface area contributed by atoms with Gasteiger partial charge in [-0.2, -0.15) is 0 Å². The van der Waals surface area contributed by atoms with Crippen LogP contribution >= 0.6 is 23.1 Å². The lowest BCUT2D eigenvalue weighted by Gasteiger charge is -2.07. The van der Waals surface area contributed by atoms with Gasteiger partial charge in [-0.15, -0.1) is 11.3 Å². The first-order chi connectivity index (χ1) is 13.1. The van der Waals surface area contributed by atoms with Crippen molar-refractivity contribution in [2.24, 2.45) is 0 Å². The van der Waals surface area contributed by atoms with E-state index in [0.29, 0.717) is 16.0 Å². The van der Waals surface area contributed by atoms with E-state index in [9.17, 15) is 14.9 Å². The van der Waals surface area contributed by atoms with Crippen molar-refractivity contribution in [2.75, 3.05) is 0 Å². The van der Waals surface area contributed by atoms with E-state index < -0.39 is 4.92 Å². The monoisotopic (exact) mass is 392 g/mol. The molecule has 27 heavy (non-hydrogen) atoms. The number of benzene rings is 3. The number of aromatic nitrogens is 1. The van der Waals surface area contributed by atoms with Crippen LogP contribution in [-0.2, 0) is 0 Å². The van der Waals surface area contributed by atoms with Crippen molar-refractivity contribution in [1.82, 2.24) is 4.98 Å². The minimum absolute atomic E-state index is 0.108. The molecule has 0 N–H and O–H groups in total. The van der Waals surface area contributed by atoms with Gasteiger partial charge < -0.3 is 0 Å². The number of carbonyl (C=O) groups is 1. The third-order valence-electron chi connectivity index (χ3n) is 3.93. The van der Waals surface area contributed by atoms with Crippen molar-refractivity contribution in [3.05, 3.63) is 94.0 Å². The minimum atomic E-state index is -0.492. The van der Waals surface area contributed by atoms with Gasteiger partial charge >= 0.3 is 0 Å². The molecule has 0 aliphatic carbocycles. The molecule has 0 aliphatic rings. The van der Waals surface area contributed by atoms with Gasteiger partial charge in [0.25, 0.3) is 5.69 Å². The number of para-hydroxylation sites is 1. The maximum absolute atomic E-state index is 13.0. The summed E-state index contributed by atoms with van der Waals surface area (Å²) in [5.41, 5.74) is 1.58. The van der Waals surface area contributed by atoms with Gasteiger partial charge in [-0.05, 0) is 18.2 Å². The van der Waals surface area contributed by atoms with E-state index in [1.807, 2.05) is 30.3 Å². The van der Waals surface area contributed by atoms with Crippen LogP contribution in [0.15, 0.2) is 82.0 Å². The standard InChI is InChI=1S/C20H12N2O3S2/c23-19(13-6-2-1-3-7-13)15-12-14(22(24)25)10-11-17(15)26-20-21-16-8-4-5-9-18(16)27-20/h1-12H. The summed E-state index contributed by atoms with van der Waals surface area (Å²) < 4.78 is 1.84. The third kappa shape index (κ3) is 3.60. The molecule has 0 aliphatic heterocycles. The maximum Gasteiger partial charge on any atom is 0.270 e. The van der Waals surface area contributed by atoms with Crippen LogP contribution in [0.5, 0.6) is 0 Å². The molecule has 0 spiro atoms. The first kappa shape index (κ1) is 17.4. The molecular weight excluding hydrogens is 380 g/mol. The number of ketones is 1. The van der Waals surface area contributed by atoms with Gasteiger partial charge in [0.05, 0.1) is 15.1 Å². The van der Waals surface area contributed by atoms with Crippen molar-refractivity contribution in [1.29, 1.82) is 0 Å². The average molecular weight is 392 g/mol. The molecule has 0 unspecified atom stereocenters. The van der Waals surface area contributed by atoms with Crippen LogP contribution in [0.2, 0.25) is 0 Å². The summed E-state index contributed by atoms with van der Waals surface area (Å²) in [6.07, 6.45) is 0. The molecule has 0 radical (unpaired) electrons. The number of fused-ring (bicyclic) bond motifs is 1. The summed E-state index contributed by atoms with van der Waals surface area (Å²) >= 11 is 2.87. The predicted octanol–water partition coefficient (Wildman–Crippen LogP) is 5.59. The highest BCUT2D eigenvalue weighted by molar-refractivity contribution is 8.01. The Kier molecular flexibility index (Phi) is 4.70. The quantitative estimate of drug-likeness (QED) is 0.252. The zero-order valence-electron chi connectivity index (χ0n) is 13.9. The highest BCUT2D eigenvalue weighted by atomic mass is 32.2. The Labute approximate surface area is 162 Å². The Morgan fingerprint density at radius 1 is 1.00 bits per heavy atom. The topological polar surface area (TPSA) is 73.1 Å². The molecule has 1 aromatic heterocycles. The number of thiazole rings is 1. The highest BCUT2D eigenvalue weighted by Gasteiger charge is 2.20. The van der Waals surface area contributed by atoms with Crippen molar-refractivity contribution in [3.8, 4) is 0 Å². The second-order valence-electron chi connectivity index (χ2n) is 5.68. The van der Waals surface area contributed by atoms with E-state index in [1.165, 1.54) is 35.2 Å². The number of nitrogens with zero attached hydrogens (tertiary/aromatic N) is 2. The van der Waals surface area contributed by atoms with Gasteiger partial charge in [-0.1, -0.05) is 54.2 Å². The van der Waals surface area contributed by atoms with Gasteiger partial charge in [-0.25, -0.2) is 4.98 Å². The summed E-state index contributed by atoms with van der Waals surface area (Å²) in [7, 11) is 0. The Bertz CT molecular complexity index is 1120. The van der Waals surface area contributed by atoms with E-state index in [4.69, 9.17) is 0 Å². The molecule has 1 heterocycles. The lowest BCUT2D eigenvalue weighted by atomic mass is 10.0. The molecule has 0 saturated carbocycles. The van der Waals surface area contributed by atoms with Gasteiger partial charge in [-0.3, -0.25) is 14.9 Å². The zero-order valence-corrected chi connectivity index (χ0v) is 15.5. The fourth-order valence-electron chi connectivity index (χ4n) is 2.63. The second-order valence-corrected chi connectivity index (χ2v) is 8.00. The minimum Gasteiger partial charge on any atom is -0.289 e. The molecule has 7 heteroatoms. The summed E-state index contributed by atoms with van der Waals surface area (Å²) in [6.45, 7) is 0. The van der Waals surface area contributed by atoms with Gasteiger partial charge in [0.1, 0.15) is 0 Å². The molecule has 4 rings (SSSR count). The predicted molar refractivity (Wildman–Crippen MR) is 107 cm³/mol. The van der Waals surface area contributed by atoms with Crippen molar-refractivity contribution < 1.29 is 9.72 Å². The first-order valence-corrected chi connectivity index (χ1v) is 9.67. The second kappa shape index (κ2) is 7.30. The van der Waals surface area contributed by atoms with Crippen LogP contribution in [0, 0.1) is 10.1 Å². The van der Waals surface area contributed by atoms with Crippen LogP contribution in [0.25, 0.3) is 10.2 Å². The number of carbonyl (C=O) groups excluding carboxylic acids is 1. The molecule has 0 amide bonds. The Morgan fingerprint density at radius 3 is 2.48 bits per heavy atom. The number of hydrogen-bond acceptors (Lipinski definition) is 6. The molecule has 0 atom stereocenters. The smallest absolute Gasteiger partial charge is 0.270 e. The van der Waals surface area contributed by atoms with E-state index in [2.05, 4.69) is 4.98 Å². The van der Waals surface area contributed by atoms with Crippen LogP contribution in [0.4, 0.5) is 5.69 Å². The Morgan fingerprint density at radius 2 is 1.74 bits per heavy atom. The van der Waals surface area contributed by atoms with E-state index in [-0.39, 0.29) is 11.5 Å². The number of hydrogen-bond donors (Lipinski definition) is 0. The van der Waals surface area contributed by atoms with Gasteiger partial charge in [0.15, 0.2) is 10.1 Å². The van der Waals surface area contributed by atoms with Crippen LogP contribution < -0.4 is 0 Å². The summed E-state index contributed by atoms with van der Waals surface area (Å²) in [5.74, 6) is -0.247. The van der Waals surface area contributed by atoms with Crippen LogP contribution in [0.1, 0.15) is 15.9 Å². The summed E-state index contributed by atoms with van der Waals surface area (Å²) in [4.78, 5) is 28.9. The number of nitro benzene ring substituents is 1. The third-order valence-corrected chi connectivity index (χ3v) is 6.10. The fraction of sp³-hybridized carbons (Fsp3) is 0. The van der Waals surface area contributed by atoms with Gasteiger partial charge in [0, 0.05) is 28.2 Å². The largest absolute Gasteiger partial charge is 0.289 e. The Hall–Kier alpha value is -3.03. The number of nitro groups is 1. The lowest BCUT2D eigenvalue weighted by molar-refractivity contribution is -0.384. The first-order valence-electron chi connectivity index (χ1n) is 8.03.